The monoisotopic (exact) mass is 232 g/mol. The molecule has 0 aliphatic heterocycles. The number of hydrogen-bond donors (Lipinski definition) is 4. The number of unbranched alkanes of at least 4 members (excludes halogenated alkanes) is 4. The van der Waals surface area contributed by atoms with E-state index in [1.54, 1.807) is 0 Å². The summed E-state index contributed by atoms with van der Waals surface area (Å²) in [5.74, 6) is 0. The van der Waals surface area contributed by atoms with Crippen LogP contribution in [0.2, 0.25) is 0 Å². The molecule has 0 saturated carbocycles. The molecule has 0 aliphatic carbocycles. The lowest BCUT2D eigenvalue weighted by Crippen LogP contribution is -2.14. The summed E-state index contributed by atoms with van der Waals surface area (Å²) < 4.78 is 0. The van der Waals surface area contributed by atoms with E-state index in [4.69, 9.17) is 22.9 Å². The molecule has 1 atom stereocenters. The Morgan fingerprint density at radius 3 is 1.38 bits per heavy atom. The molecule has 0 aromatic carbocycles. The lowest BCUT2D eigenvalue weighted by atomic mass is 10.1. The summed E-state index contributed by atoms with van der Waals surface area (Å²) in [4.78, 5) is 0. The molecule has 0 aromatic rings. The smallest absolute Gasteiger partial charge is 0.00104 e. The first kappa shape index (κ1) is 18.2. The Kier molecular flexibility index (Phi) is 19.6. The maximum atomic E-state index is 5.49. The maximum Gasteiger partial charge on any atom is 0.00104 e. The van der Waals surface area contributed by atoms with Crippen molar-refractivity contribution in [3.63, 3.8) is 0 Å². The van der Waals surface area contributed by atoms with Gasteiger partial charge in [0, 0.05) is 6.04 Å². The Bertz CT molecular complexity index is 101. The number of rotatable bonds is 9. The fourth-order valence-electron chi connectivity index (χ4n) is 1.25. The summed E-state index contributed by atoms with van der Waals surface area (Å²) in [7, 11) is 0. The van der Waals surface area contributed by atoms with Gasteiger partial charge >= 0.3 is 0 Å². The molecule has 0 aromatic heterocycles. The van der Waals surface area contributed by atoms with Crippen molar-refractivity contribution in [2.24, 2.45) is 22.9 Å². The van der Waals surface area contributed by atoms with Gasteiger partial charge in [-0.05, 0) is 52.2 Å². The van der Waals surface area contributed by atoms with Crippen molar-refractivity contribution < 1.29 is 0 Å². The van der Waals surface area contributed by atoms with E-state index in [2.05, 4.69) is 0 Å². The van der Waals surface area contributed by atoms with Crippen LogP contribution in [0.1, 0.15) is 51.9 Å². The van der Waals surface area contributed by atoms with Gasteiger partial charge in [0.25, 0.3) is 0 Å². The molecule has 16 heavy (non-hydrogen) atoms. The molecule has 0 saturated heterocycles. The standard InChI is InChI=1S/2C6H16N2/c1-6(8)4-2-3-5-7;7-5-3-1-2-4-6-8/h6H,2-5,7-8H2,1H3;1-8H2. The first-order valence-corrected chi connectivity index (χ1v) is 6.54. The highest BCUT2D eigenvalue weighted by atomic mass is 14.6. The van der Waals surface area contributed by atoms with Gasteiger partial charge in [0.05, 0.1) is 0 Å². The summed E-state index contributed by atoms with van der Waals surface area (Å²) in [6.45, 7) is 4.47. The van der Waals surface area contributed by atoms with Crippen LogP contribution in [0.15, 0.2) is 0 Å². The first-order valence-electron chi connectivity index (χ1n) is 6.54. The average Bonchev–Trinajstić information content (AvgIpc) is 2.25. The van der Waals surface area contributed by atoms with Crippen molar-refractivity contribution >= 4 is 0 Å². The zero-order valence-corrected chi connectivity index (χ0v) is 11.0. The Labute approximate surface area is 101 Å². The highest BCUT2D eigenvalue weighted by Gasteiger charge is 1.90. The molecule has 100 valence electrons. The molecule has 0 bridgehead atoms. The largest absolute Gasteiger partial charge is 0.330 e. The molecule has 1 unspecified atom stereocenters. The predicted octanol–water partition coefficient (Wildman–Crippen LogP) is 0.927. The van der Waals surface area contributed by atoms with Gasteiger partial charge in [-0.25, -0.2) is 0 Å². The Balaban J connectivity index is 0. The van der Waals surface area contributed by atoms with Gasteiger partial charge in [0.1, 0.15) is 0 Å². The van der Waals surface area contributed by atoms with Crippen LogP contribution in [-0.2, 0) is 0 Å². The molecule has 0 rings (SSSR count). The molecule has 0 heterocycles. The molecule has 0 fully saturated rings. The van der Waals surface area contributed by atoms with Crippen molar-refractivity contribution in [2.75, 3.05) is 19.6 Å². The van der Waals surface area contributed by atoms with E-state index in [1.165, 1.54) is 19.3 Å². The van der Waals surface area contributed by atoms with Crippen LogP contribution in [0.3, 0.4) is 0 Å². The number of nitrogens with two attached hydrogens (primary N) is 4. The average molecular weight is 232 g/mol. The zero-order valence-electron chi connectivity index (χ0n) is 11.0. The third kappa shape index (κ3) is 23.6. The van der Waals surface area contributed by atoms with Crippen molar-refractivity contribution in [1.82, 2.24) is 0 Å². The van der Waals surface area contributed by atoms with Gasteiger partial charge in [-0.3, -0.25) is 0 Å². The molecule has 4 nitrogen and oxygen atoms in total. The SMILES string of the molecule is CC(N)CCCCN.NCCCCCCN. The predicted molar refractivity (Wildman–Crippen MR) is 73.1 cm³/mol. The zero-order chi connectivity index (χ0) is 12.6. The first-order chi connectivity index (χ1) is 7.68. The van der Waals surface area contributed by atoms with Gasteiger partial charge in [-0.15, -0.1) is 0 Å². The fourth-order valence-corrected chi connectivity index (χ4v) is 1.25. The highest BCUT2D eigenvalue weighted by molar-refractivity contribution is 4.52. The van der Waals surface area contributed by atoms with Gasteiger partial charge in [-0.2, -0.15) is 0 Å². The van der Waals surface area contributed by atoms with Gasteiger partial charge in [-0.1, -0.05) is 19.3 Å². The van der Waals surface area contributed by atoms with Gasteiger partial charge in [0.15, 0.2) is 0 Å². The Morgan fingerprint density at radius 2 is 1.06 bits per heavy atom. The normalized spacial score (nSPS) is 11.8. The molecular weight excluding hydrogens is 200 g/mol. The second-order valence-corrected chi connectivity index (χ2v) is 4.25. The van der Waals surface area contributed by atoms with E-state index in [1.807, 2.05) is 6.92 Å². The summed E-state index contributed by atoms with van der Waals surface area (Å²) in [5.41, 5.74) is 21.3. The van der Waals surface area contributed by atoms with Crippen molar-refractivity contribution in [3.8, 4) is 0 Å². The van der Waals surface area contributed by atoms with Crippen molar-refractivity contribution in [3.05, 3.63) is 0 Å². The highest BCUT2D eigenvalue weighted by Crippen LogP contribution is 1.95. The molecule has 8 N–H and O–H groups in total. The van der Waals surface area contributed by atoms with E-state index in [0.29, 0.717) is 6.04 Å². The van der Waals surface area contributed by atoms with Crippen molar-refractivity contribution in [1.29, 1.82) is 0 Å². The van der Waals surface area contributed by atoms with Crippen molar-refractivity contribution in [2.45, 2.75) is 57.9 Å². The molecule has 0 radical (unpaired) electrons. The second kappa shape index (κ2) is 17.2. The van der Waals surface area contributed by atoms with Gasteiger partial charge in [0.2, 0.25) is 0 Å². The van der Waals surface area contributed by atoms with E-state index in [-0.39, 0.29) is 0 Å². The third-order valence-electron chi connectivity index (χ3n) is 2.27. The molecule has 0 aliphatic rings. The van der Waals surface area contributed by atoms with E-state index in [9.17, 15) is 0 Å². The summed E-state index contributed by atoms with van der Waals surface area (Å²) >= 11 is 0. The Morgan fingerprint density at radius 1 is 0.688 bits per heavy atom. The minimum atomic E-state index is 0.349. The van der Waals surface area contributed by atoms with Crippen LogP contribution in [0.25, 0.3) is 0 Å². The Hall–Kier alpha value is -0.160. The molecule has 4 heteroatoms. The summed E-state index contributed by atoms with van der Waals surface area (Å²) in [6, 6.07) is 0.349. The maximum absolute atomic E-state index is 5.49. The molecule has 0 spiro atoms. The molecule has 0 amide bonds. The summed E-state index contributed by atoms with van der Waals surface area (Å²) in [6.07, 6.45) is 8.19. The minimum absolute atomic E-state index is 0.349. The van der Waals surface area contributed by atoms with Crippen LogP contribution in [-0.4, -0.2) is 25.7 Å². The van der Waals surface area contributed by atoms with Crippen LogP contribution >= 0.6 is 0 Å². The quantitative estimate of drug-likeness (QED) is 0.444. The fraction of sp³-hybridized carbons (Fsp3) is 1.00. The van der Waals surface area contributed by atoms with Crippen LogP contribution < -0.4 is 22.9 Å². The van der Waals surface area contributed by atoms with Crippen LogP contribution in [0.5, 0.6) is 0 Å². The second-order valence-electron chi connectivity index (χ2n) is 4.25. The van der Waals surface area contributed by atoms with E-state index < -0.39 is 0 Å². The molecular formula is C12H32N4. The number of hydrogen-bond acceptors (Lipinski definition) is 4. The topological polar surface area (TPSA) is 104 Å². The van der Waals surface area contributed by atoms with E-state index in [0.717, 1.165) is 45.3 Å². The lowest BCUT2D eigenvalue weighted by molar-refractivity contribution is 0.602. The summed E-state index contributed by atoms with van der Waals surface area (Å²) in [5, 5.41) is 0. The van der Waals surface area contributed by atoms with Gasteiger partial charge < -0.3 is 22.9 Å². The third-order valence-corrected chi connectivity index (χ3v) is 2.27. The van der Waals surface area contributed by atoms with Crippen LogP contribution in [0, 0.1) is 0 Å². The minimum Gasteiger partial charge on any atom is -0.330 e. The van der Waals surface area contributed by atoms with Crippen LogP contribution in [0.4, 0.5) is 0 Å². The lowest BCUT2D eigenvalue weighted by Gasteiger charge is -2.01. The van der Waals surface area contributed by atoms with E-state index >= 15 is 0 Å².